The fraction of sp³-hybridized carbons (Fsp3) is 0.0833. The van der Waals surface area contributed by atoms with Gasteiger partial charge in [0.05, 0.1) is 12.7 Å². The Labute approximate surface area is 187 Å². The molecule has 0 unspecified atom stereocenters. The monoisotopic (exact) mass is 478 g/mol. The summed E-state index contributed by atoms with van der Waals surface area (Å²) in [4.78, 5) is 25.3. The van der Waals surface area contributed by atoms with Crippen LogP contribution in [0, 0.1) is 6.92 Å². The zero-order valence-corrected chi connectivity index (χ0v) is 18.4. The van der Waals surface area contributed by atoms with Gasteiger partial charge >= 0.3 is 0 Å². The van der Waals surface area contributed by atoms with Gasteiger partial charge in [-0.1, -0.05) is 34.1 Å². The summed E-state index contributed by atoms with van der Waals surface area (Å²) in [5.41, 5.74) is 3.10. The normalized spacial score (nSPS) is 10.7. The number of methoxy groups -OCH3 is 1. The number of furan rings is 1. The van der Waals surface area contributed by atoms with Crippen LogP contribution in [0.25, 0.3) is 11.0 Å². The van der Waals surface area contributed by atoms with Crippen molar-refractivity contribution in [3.8, 4) is 5.75 Å². The highest BCUT2D eigenvalue weighted by Gasteiger charge is 2.16. The fourth-order valence-electron chi connectivity index (χ4n) is 3.22. The molecule has 0 saturated carbocycles. The molecule has 0 bridgehead atoms. The number of amides is 2. The van der Waals surface area contributed by atoms with Gasteiger partial charge in [-0.3, -0.25) is 9.59 Å². The van der Waals surface area contributed by atoms with E-state index in [0.717, 1.165) is 15.4 Å². The lowest BCUT2D eigenvalue weighted by Gasteiger charge is -2.12. The lowest BCUT2D eigenvalue weighted by Crippen LogP contribution is -2.14. The molecule has 1 aromatic heterocycles. The van der Waals surface area contributed by atoms with E-state index in [4.69, 9.17) is 9.15 Å². The predicted octanol–water partition coefficient (Wildman–Crippen LogP) is 6.02. The Kier molecular flexibility index (Phi) is 5.77. The van der Waals surface area contributed by atoms with Gasteiger partial charge < -0.3 is 19.8 Å². The van der Waals surface area contributed by atoms with Crippen molar-refractivity contribution >= 4 is 50.1 Å². The number of para-hydroxylation sites is 1. The van der Waals surface area contributed by atoms with E-state index < -0.39 is 0 Å². The predicted molar refractivity (Wildman–Crippen MR) is 124 cm³/mol. The van der Waals surface area contributed by atoms with Crippen LogP contribution in [0.2, 0.25) is 0 Å². The van der Waals surface area contributed by atoms with E-state index in [1.54, 1.807) is 42.5 Å². The maximum atomic E-state index is 12.7. The first-order chi connectivity index (χ1) is 14.9. The van der Waals surface area contributed by atoms with Crippen LogP contribution in [-0.4, -0.2) is 18.9 Å². The van der Waals surface area contributed by atoms with Crippen molar-refractivity contribution in [1.82, 2.24) is 0 Å². The van der Waals surface area contributed by atoms with Gasteiger partial charge in [0.1, 0.15) is 11.3 Å². The highest BCUT2D eigenvalue weighted by Crippen LogP contribution is 2.26. The van der Waals surface area contributed by atoms with Gasteiger partial charge in [-0.15, -0.1) is 0 Å². The first-order valence-electron chi connectivity index (χ1n) is 9.50. The number of hydrogen-bond acceptors (Lipinski definition) is 4. The summed E-state index contributed by atoms with van der Waals surface area (Å²) in [7, 11) is 1.52. The Balaban J connectivity index is 1.49. The fourth-order valence-corrected chi connectivity index (χ4v) is 3.58. The maximum absolute atomic E-state index is 12.7. The highest BCUT2D eigenvalue weighted by atomic mass is 79.9. The molecule has 6 nitrogen and oxygen atoms in total. The molecule has 31 heavy (non-hydrogen) atoms. The summed E-state index contributed by atoms with van der Waals surface area (Å²) >= 11 is 3.37. The Bertz CT molecular complexity index is 1260. The summed E-state index contributed by atoms with van der Waals surface area (Å²) in [5.74, 6) is 0.0819. The molecule has 4 rings (SSSR count). The van der Waals surface area contributed by atoms with Crippen molar-refractivity contribution in [1.29, 1.82) is 0 Å². The number of aryl methyl sites for hydroxylation is 1. The third kappa shape index (κ3) is 4.46. The molecule has 4 aromatic rings. The van der Waals surface area contributed by atoms with E-state index in [2.05, 4.69) is 26.6 Å². The van der Waals surface area contributed by atoms with E-state index in [-0.39, 0.29) is 17.6 Å². The molecule has 0 aliphatic heterocycles. The smallest absolute Gasteiger partial charge is 0.291 e. The number of anilines is 2. The first-order valence-corrected chi connectivity index (χ1v) is 10.3. The quantitative estimate of drug-likeness (QED) is 0.367. The SMILES string of the molecule is COc1ccc(Br)cc1C(=O)Nc1ccc(NC(=O)c2cc3ccccc3o2)c(C)c1. The number of carbonyl (C=O) groups excluding carboxylic acids is 2. The molecule has 0 spiro atoms. The molecule has 2 amide bonds. The van der Waals surface area contributed by atoms with Crippen LogP contribution in [0.15, 0.2) is 75.6 Å². The van der Waals surface area contributed by atoms with E-state index in [1.165, 1.54) is 7.11 Å². The number of carbonyl (C=O) groups is 2. The minimum atomic E-state index is -0.338. The minimum Gasteiger partial charge on any atom is -0.496 e. The third-order valence-corrected chi connectivity index (χ3v) is 5.28. The average molecular weight is 479 g/mol. The van der Waals surface area contributed by atoms with Gasteiger partial charge in [-0.25, -0.2) is 0 Å². The van der Waals surface area contributed by atoms with Crippen molar-refractivity contribution in [3.05, 3.63) is 88.1 Å². The van der Waals surface area contributed by atoms with E-state index in [9.17, 15) is 9.59 Å². The van der Waals surface area contributed by atoms with Crippen LogP contribution in [0.3, 0.4) is 0 Å². The molecule has 156 valence electrons. The average Bonchev–Trinajstić information content (AvgIpc) is 3.20. The summed E-state index contributed by atoms with van der Waals surface area (Å²) in [6.45, 7) is 1.85. The lowest BCUT2D eigenvalue weighted by atomic mass is 10.1. The van der Waals surface area contributed by atoms with Gasteiger partial charge in [0, 0.05) is 21.2 Å². The molecule has 0 atom stereocenters. The van der Waals surface area contributed by atoms with E-state index in [1.807, 2.05) is 31.2 Å². The van der Waals surface area contributed by atoms with E-state index >= 15 is 0 Å². The number of rotatable bonds is 5. The first kappa shape index (κ1) is 20.7. The van der Waals surface area contributed by atoms with Crippen LogP contribution >= 0.6 is 15.9 Å². The van der Waals surface area contributed by atoms with Crippen molar-refractivity contribution in [3.63, 3.8) is 0 Å². The van der Waals surface area contributed by atoms with Gasteiger partial charge in [-0.05, 0) is 61.0 Å². The van der Waals surface area contributed by atoms with Crippen molar-refractivity contribution in [2.24, 2.45) is 0 Å². The number of hydrogen-bond donors (Lipinski definition) is 2. The summed E-state index contributed by atoms with van der Waals surface area (Å²) in [6, 6.07) is 19.6. The zero-order valence-electron chi connectivity index (χ0n) is 16.9. The zero-order chi connectivity index (χ0) is 22.0. The molecule has 0 aliphatic carbocycles. The highest BCUT2D eigenvalue weighted by molar-refractivity contribution is 9.10. The van der Waals surface area contributed by atoms with Gasteiger partial charge in [0.15, 0.2) is 5.76 Å². The molecular formula is C24H19BrN2O4. The lowest BCUT2D eigenvalue weighted by molar-refractivity contribution is 0.0996. The third-order valence-electron chi connectivity index (χ3n) is 4.79. The number of ether oxygens (including phenoxy) is 1. The molecule has 0 aliphatic rings. The van der Waals surface area contributed by atoms with E-state index in [0.29, 0.717) is 28.3 Å². The number of benzene rings is 3. The van der Waals surface area contributed by atoms with Crippen molar-refractivity contribution in [2.45, 2.75) is 6.92 Å². The van der Waals surface area contributed by atoms with Crippen LogP contribution in [0.1, 0.15) is 26.5 Å². The molecular weight excluding hydrogens is 460 g/mol. The van der Waals surface area contributed by atoms with Crippen LogP contribution in [0.4, 0.5) is 11.4 Å². The molecule has 3 aromatic carbocycles. The van der Waals surface area contributed by atoms with Crippen molar-refractivity contribution < 1.29 is 18.7 Å². The Morgan fingerprint density at radius 3 is 2.48 bits per heavy atom. The summed E-state index contributed by atoms with van der Waals surface area (Å²) in [5, 5.41) is 6.58. The summed E-state index contributed by atoms with van der Waals surface area (Å²) < 4.78 is 11.7. The Hall–Kier alpha value is -3.58. The minimum absolute atomic E-state index is 0.236. The molecule has 7 heteroatoms. The second-order valence-electron chi connectivity index (χ2n) is 6.93. The largest absolute Gasteiger partial charge is 0.496 e. The van der Waals surface area contributed by atoms with Crippen LogP contribution in [-0.2, 0) is 0 Å². The molecule has 2 N–H and O–H groups in total. The van der Waals surface area contributed by atoms with Gasteiger partial charge in [-0.2, -0.15) is 0 Å². The number of nitrogens with one attached hydrogen (secondary N) is 2. The van der Waals surface area contributed by atoms with Gasteiger partial charge in [0.25, 0.3) is 11.8 Å². The topological polar surface area (TPSA) is 80.6 Å². The van der Waals surface area contributed by atoms with Crippen LogP contribution in [0.5, 0.6) is 5.75 Å². The van der Waals surface area contributed by atoms with Gasteiger partial charge in [0.2, 0.25) is 0 Å². The molecule has 1 heterocycles. The Morgan fingerprint density at radius 2 is 1.74 bits per heavy atom. The molecule has 0 saturated heterocycles. The summed E-state index contributed by atoms with van der Waals surface area (Å²) in [6.07, 6.45) is 0. The Morgan fingerprint density at radius 1 is 0.935 bits per heavy atom. The van der Waals surface area contributed by atoms with Crippen molar-refractivity contribution in [2.75, 3.05) is 17.7 Å². The molecule has 0 radical (unpaired) electrons. The number of halogens is 1. The van der Waals surface area contributed by atoms with Crippen LogP contribution < -0.4 is 15.4 Å². The number of fused-ring (bicyclic) bond motifs is 1. The second-order valence-corrected chi connectivity index (χ2v) is 7.85. The standard InChI is InChI=1S/C24H19BrN2O4/c1-14-11-17(26-23(28)18-13-16(25)7-10-21(18)30-2)8-9-19(14)27-24(29)22-12-15-5-3-4-6-20(15)31-22/h3-13H,1-2H3,(H,26,28)(H,27,29). The second kappa shape index (κ2) is 8.65. The molecule has 0 fully saturated rings. The maximum Gasteiger partial charge on any atom is 0.291 e.